The van der Waals surface area contributed by atoms with Gasteiger partial charge in [0.2, 0.25) is 0 Å². The van der Waals surface area contributed by atoms with Gasteiger partial charge in [0.1, 0.15) is 0 Å². The number of anilines is 5. The van der Waals surface area contributed by atoms with Gasteiger partial charge in [-0.25, -0.2) is 0 Å². The molecule has 2 nitrogen and oxygen atoms in total. The molecule has 0 saturated carbocycles. The molecule has 0 bridgehead atoms. The van der Waals surface area contributed by atoms with Crippen molar-refractivity contribution < 1.29 is 0 Å². The third-order valence-electron chi connectivity index (χ3n) is 9.80. The van der Waals surface area contributed by atoms with E-state index in [0.29, 0.717) is 0 Å². The van der Waals surface area contributed by atoms with Crippen molar-refractivity contribution in [1.29, 1.82) is 0 Å². The summed E-state index contributed by atoms with van der Waals surface area (Å²) in [6.45, 7) is 13.2. The normalized spacial score (nSPS) is 11.0. The summed E-state index contributed by atoms with van der Waals surface area (Å²) in [5.74, 6) is 0. The molecule has 7 aromatic rings. The fourth-order valence-electron chi connectivity index (χ4n) is 7.46. The van der Waals surface area contributed by atoms with Gasteiger partial charge in [0, 0.05) is 28.4 Å². The Morgan fingerprint density at radius 1 is 0.320 bits per heavy atom. The van der Waals surface area contributed by atoms with Gasteiger partial charge in [-0.3, -0.25) is 0 Å². The van der Waals surface area contributed by atoms with Crippen LogP contribution in [0.5, 0.6) is 0 Å². The monoisotopic (exact) mass is 648 g/mol. The van der Waals surface area contributed by atoms with Crippen molar-refractivity contribution in [3.63, 3.8) is 0 Å². The number of nitrogens with zero attached hydrogens (tertiary/aromatic N) is 1. The first-order chi connectivity index (χ1) is 24.3. The van der Waals surface area contributed by atoms with Crippen LogP contribution in [-0.2, 0) is 0 Å². The fraction of sp³-hybridized carbons (Fsp3) is 0.125. The summed E-state index contributed by atoms with van der Waals surface area (Å²) in [5.41, 5.74) is 20.5. The molecule has 50 heavy (non-hydrogen) atoms. The van der Waals surface area contributed by atoms with E-state index in [9.17, 15) is 0 Å². The maximum Gasteiger partial charge on any atom is 0.0488 e. The van der Waals surface area contributed by atoms with Gasteiger partial charge in [-0.15, -0.1) is 0 Å². The Morgan fingerprint density at radius 2 is 0.720 bits per heavy atom. The first-order valence-corrected chi connectivity index (χ1v) is 17.4. The van der Waals surface area contributed by atoms with E-state index in [0.717, 1.165) is 28.4 Å². The highest BCUT2D eigenvalue weighted by Crippen LogP contribution is 2.42. The number of hydrogen-bond acceptors (Lipinski definition) is 2. The molecule has 7 rings (SSSR count). The fourth-order valence-corrected chi connectivity index (χ4v) is 7.46. The van der Waals surface area contributed by atoms with E-state index < -0.39 is 0 Å². The van der Waals surface area contributed by atoms with Crippen LogP contribution >= 0.6 is 0 Å². The van der Waals surface area contributed by atoms with Crippen LogP contribution in [0, 0.1) is 41.5 Å². The van der Waals surface area contributed by atoms with Crippen molar-refractivity contribution in [2.45, 2.75) is 41.5 Å². The second-order valence-electron chi connectivity index (χ2n) is 13.5. The molecule has 0 heterocycles. The number of nitrogens with one attached hydrogen (secondary N) is 1. The minimum absolute atomic E-state index is 1.04. The Bertz CT molecular complexity index is 2120. The number of benzene rings is 7. The Hall–Kier alpha value is -5.86. The molecule has 0 aliphatic heterocycles. The molecule has 246 valence electrons. The first kappa shape index (κ1) is 32.7. The summed E-state index contributed by atoms with van der Waals surface area (Å²) < 4.78 is 0. The van der Waals surface area contributed by atoms with Crippen LogP contribution in [0.25, 0.3) is 33.4 Å². The highest BCUT2D eigenvalue weighted by Gasteiger charge is 2.18. The van der Waals surface area contributed by atoms with Gasteiger partial charge in [-0.05, 0) is 163 Å². The third-order valence-corrected chi connectivity index (χ3v) is 9.80. The minimum Gasteiger partial charge on any atom is -0.355 e. The lowest BCUT2D eigenvalue weighted by Gasteiger charge is -2.28. The lowest BCUT2D eigenvalue weighted by molar-refractivity contribution is 1.27. The highest BCUT2D eigenvalue weighted by molar-refractivity contribution is 5.87. The third kappa shape index (κ3) is 6.58. The summed E-state index contributed by atoms with van der Waals surface area (Å²) in [6.07, 6.45) is 0. The van der Waals surface area contributed by atoms with Crippen LogP contribution in [0.1, 0.15) is 33.4 Å². The van der Waals surface area contributed by atoms with E-state index in [1.807, 2.05) is 0 Å². The van der Waals surface area contributed by atoms with Crippen molar-refractivity contribution >= 4 is 28.4 Å². The van der Waals surface area contributed by atoms with E-state index in [4.69, 9.17) is 0 Å². The van der Waals surface area contributed by atoms with E-state index >= 15 is 0 Å². The Labute approximate surface area is 297 Å². The van der Waals surface area contributed by atoms with Crippen molar-refractivity contribution in [3.05, 3.63) is 185 Å². The maximum atomic E-state index is 3.71. The van der Waals surface area contributed by atoms with Crippen molar-refractivity contribution in [2.75, 3.05) is 10.2 Å². The van der Waals surface area contributed by atoms with Crippen LogP contribution in [-0.4, -0.2) is 0 Å². The number of rotatable bonds is 8. The highest BCUT2D eigenvalue weighted by atomic mass is 15.1. The first-order valence-electron chi connectivity index (χ1n) is 17.4. The predicted molar refractivity (Wildman–Crippen MR) is 216 cm³/mol. The topological polar surface area (TPSA) is 15.3 Å². The molecule has 0 atom stereocenters. The predicted octanol–water partition coefficient (Wildman–Crippen LogP) is 13.8. The van der Waals surface area contributed by atoms with Crippen LogP contribution in [0.15, 0.2) is 152 Å². The summed E-state index contributed by atoms with van der Waals surface area (Å²) in [7, 11) is 0. The smallest absolute Gasteiger partial charge is 0.0488 e. The number of hydrogen-bond donors (Lipinski definition) is 1. The SMILES string of the molecule is Cc1cccc(C)c1-c1ccc(N(c2ccc(-c3c(C)cccc3C)cc2)c2cc(Nc3ccccc3)cc(-c3c(C)cccc3C)c2)cc1. The Morgan fingerprint density at radius 3 is 1.14 bits per heavy atom. The Balaban J connectivity index is 1.41. The van der Waals surface area contributed by atoms with Gasteiger partial charge in [0.05, 0.1) is 0 Å². The molecule has 0 spiro atoms. The van der Waals surface area contributed by atoms with Crippen molar-refractivity contribution in [3.8, 4) is 33.4 Å². The summed E-state index contributed by atoms with van der Waals surface area (Å²) in [5, 5.41) is 3.71. The molecule has 0 aliphatic rings. The van der Waals surface area contributed by atoms with E-state index in [1.54, 1.807) is 0 Å². The molecule has 0 amide bonds. The minimum atomic E-state index is 1.04. The maximum absolute atomic E-state index is 3.71. The largest absolute Gasteiger partial charge is 0.355 e. The van der Waals surface area contributed by atoms with Crippen molar-refractivity contribution in [1.82, 2.24) is 0 Å². The van der Waals surface area contributed by atoms with Crippen molar-refractivity contribution in [2.24, 2.45) is 0 Å². The lowest BCUT2D eigenvalue weighted by Crippen LogP contribution is -2.11. The van der Waals surface area contributed by atoms with Crippen LogP contribution in [0.3, 0.4) is 0 Å². The van der Waals surface area contributed by atoms with E-state index in [1.165, 1.54) is 66.8 Å². The second kappa shape index (κ2) is 13.9. The molecule has 0 radical (unpaired) electrons. The summed E-state index contributed by atoms with van der Waals surface area (Å²) >= 11 is 0. The molecule has 7 aromatic carbocycles. The molecule has 0 aliphatic carbocycles. The Kier molecular flexibility index (Phi) is 9.11. The average molecular weight is 649 g/mol. The van der Waals surface area contributed by atoms with Gasteiger partial charge >= 0.3 is 0 Å². The van der Waals surface area contributed by atoms with E-state index in [2.05, 4.69) is 203 Å². The molecule has 1 N–H and O–H groups in total. The zero-order valence-corrected chi connectivity index (χ0v) is 29.9. The van der Waals surface area contributed by atoms with E-state index in [-0.39, 0.29) is 0 Å². The van der Waals surface area contributed by atoms with Gasteiger partial charge in [-0.1, -0.05) is 97.1 Å². The molecule has 0 fully saturated rings. The standard InChI is InChI=1S/C48H44N2/c1-32-13-10-14-33(2)46(32)38-21-25-43(26-22-38)50(44-27-23-39(24-28-44)47-34(3)15-11-16-35(47)4)45-30-40(48-36(5)17-12-18-37(48)6)29-42(31-45)49-41-19-8-7-9-20-41/h7-31,49H,1-6H3. The van der Waals surface area contributed by atoms with Crippen LogP contribution < -0.4 is 10.2 Å². The molecular weight excluding hydrogens is 605 g/mol. The molecule has 0 aromatic heterocycles. The average Bonchev–Trinajstić information content (AvgIpc) is 3.10. The lowest BCUT2D eigenvalue weighted by atomic mass is 9.94. The zero-order valence-electron chi connectivity index (χ0n) is 29.9. The quantitative estimate of drug-likeness (QED) is 0.176. The molecule has 2 heteroatoms. The number of para-hydroxylation sites is 1. The summed E-state index contributed by atoms with van der Waals surface area (Å²) in [4.78, 5) is 2.39. The van der Waals surface area contributed by atoms with Gasteiger partial charge in [0.25, 0.3) is 0 Å². The number of aryl methyl sites for hydroxylation is 6. The van der Waals surface area contributed by atoms with Gasteiger partial charge in [-0.2, -0.15) is 0 Å². The van der Waals surface area contributed by atoms with Crippen LogP contribution in [0.4, 0.5) is 28.4 Å². The molecule has 0 unspecified atom stereocenters. The molecule has 0 saturated heterocycles. The van der Waals surface area contributed by atoms with Gasteiger partial charge in [0.15, 0.2) is 0 Å². The van der Waals surface area contributed by atoms with Crippen LogP contribution in [0.2, 0.25) is 0 Å². The second-order valence-corrected chi connectivity index (χ2v) is 13.5. The van der Waals surface area contributed by atoms with Gasteiger partial charge < -0.3 is 10.2 Å². The molecular formula is C48H44N2. The zero-order chi connectivity index (χ0) is 34.8. The summed E-state index contributed by atoms with van der Waals surface area (Å²) in [6, 6.07) is 55.0.